The summed E-state index contributed by atoms with van der Waals surface area (Å²) in [6, 6.07) is 8.46. The second-order valence-corrected chi connectivity index (χ2v) is 3.52. The molecule has 0 aliphatic carbocycles. The summed E-state index contributed by atoms with van der Waals surface area (Å²) in [4.78, 5) is 0. The van der Waals surface area contributed by atoms with Crippen molar-refractivity contribution in [2.45, 2.75) is 13.3 Å². The van der Waals surface area contributed by atoms with E-state index in [1.54, 1.807) is 6.33 Å². The van der Waals surface area contributed by atoms with Crippen LogP contribution in [-0.4, -0.2) is 14.8 Å². The summed E-state index contributed by atoms with van der Waals surface area (Å²) in [5.74, 6) is 0.996. The lowest BCUT2D eigenvalue weighted by Crippen LogP contribution is -1.98. The number of rotatable bonds is 2. The molecule has 0 unspecified atom stereocenters. The average Bonchev–Trinajstić information content (AvgIpc) is 2.52. The van der Waals surface area contributed by atoms with Crippen LogP contribution in [0.25, 0.3) is 0 Å². The van der Waals surface area contributed by atoms with Crippen molar-refractivity contribution in [3.63, 3.8) is 0 Å². The van der Waals surface area contributed by atoms with Gasteiger partial charge in [0, 0.05) is 13.5 Å². The molecule has 1 heterocycles. The Bertz CT molecular complexity index is 432. The first-order chi connectivity index (χ1) is 6.75. The third-order valence-electron chi connectivity index (χ3n) is 2.25. The number of nitrogens with zero attached hydrogens (tertiary/aromatic N) is 3. The van der Waals surface area contributed by atoms with Crippen molar-refractivity contribution in [3.8, 4) is 0 Å². The monoisotopic (exact) mass is 187 g/mol. The summed E-state index contributed by atoms with van der Waals surface area (Å²) in [5.41, 5.74) is 2.56. The Kier molecular flexibility index (Phi) is 2.31. The highest BCUT2D eigenvalue weighted by molar-refractivity contribution is 5.24. The van der Waals surface area contributed by atoms with Crippen LogP contribution in [-0.2, 0) is 13.5 Å². The van der Waals surface area contributed by atoms with Gasteiger partial charge in [-0.1, -0.05) is 29.8 Å². The number of aryl methyl sites for hydroxylation is 2. The highest BCUT2D eigenvalue weighted by Crippen LogP contribution is 2.08. The Hall–Kier alpha value is -1.64. The van der Waals surface area contributed by atoms with E-state index in [1.165, 1.54) is 11.1 Å². The van der Waals surface area contributed by atoms with Crippen molar-refractivity contribution >= 4 is 0 Å². The molecule has 3 nitrogen and oxygen atoms in total. The molecule has 2 rings (SSSR count). The van der Waals surface area contributed by atoms with Crippen LogP contribution in [0.3, 0.4) is 0 Å². The van der Waals surface area contributed by atoms with E-state index in [9.17, 15) is 0 Å². The first kappa shape index (κ1) is 8.94. The molecule has 2 aromatic rings. The Morgan fingerprint density at radius 3 is 2.86 bits per heavy atom. The average molecular weight is 187 g/mol. The zero-order valence-electron chi connectivity index (χ0n) is 8.44. The molecule has 14 heavy (non-hydrogen) atoms. The maximum absolute atomic E-state index is 4.05. The first-order valence-corrected chi connectivity index (χ1v) is 4.64. The van der Waals surface area contributed by atoms with Gasteiger partial charge in [-0.15, -0.1) is 10.2 Å². The van der Waals surface area contributed by atoms with E-state index in [1.807, 2.05) is 11.6 Å². The minimum absolute atomic E-state index is 0.845. The number of hydrogen-bond donors (Lipinski definition) is 0. The normalized spacial score (nSPS) is 10.4. The summed E-state index contributed by atoms with van der Waals surface area (Å²) in [6.45, 7) is 2.10. The van der Waals surface area contributed by atoms with Crippen LogP contribution in [0.5, 0.6) is 0 Å². The zero-order chi connectivity index (χ0) is 9.97. The molecule has 0 fully saturated rings. The fourth-order valence-corrected chi connectivity index (χ4v) is 1.47. The topological polar surface area (TPSA) is 30.7 Å². The summed E-state index contributed by atoms with van der Waals surface area (Å²) < 4.78 is 1.95. The Morgan fingerprint density at radius 2 is 2.21 bits per heavy atom. The molecule has 0 saturated carbocycles. The molecule has 1 aromatic heterocycles. The van der Waals surface area contributed by atoms with Crippen molar-refractivity contribution in [1.29, 1.82) is 0 Å². The van der Waals surface area contributed by atoms with Gasteiger partial charge in [-0.25, -0.2) is 0 Å². The minimum atomic E-state index is 0.845. The van der Waals surface area contributed by atoms with Gasteiger partial charge in [-0.05, 0) is 12.5 Å². The fraction of sp³-hybridized carbons (Fsp3) is 0.273. The molecule has 0 spiro atoms. The van der Waals surface area contributed by atoms with Crippen molar-refractivity contribution in [2.75, 3.05) is 0 Å². The molecular weight excluding hydrogens is 174 g/mol. The fourth-order valence-electron chi connectivity index (χ4n) is 1.47. The predicted octanol–water partition coefficient (Wildman–Crippen LogP) is 1.71. The van der Waals surface area contributed by atoms with Crippen molar-refractivity contribution in [1.82, 2.24) is 14.8 Å². The van der Waals surface area contributed by atoms with Crippen LogP contribution in [0.1, 0.15) is 17.0 Å². The van der Waals surface area contributed by atoms with Crippen LogP contribution in [0.4, 0.5) is 0 Å². The molecule has 1 aromatic carbocycles. The minimum Gasteiger partial charge on any atom is -0.320 e. The van der Waals surface area contributed by atoms with E-state index < -0.39 is 0 Å². The highest BCUT2D eigenvalue weighted by atomic mass is 15.2. The second-order valence-electron chi connectivity index (χ2n) is 3.52. The van der Waals surface area contributed by atoms with Crippen LogP contribution >= 0.6 is 0 Å². The molecule has 0 aliphatic rings. The van der Waals surface area contributed by atoms with Crippen LogP contribution < -0.4 is 0 Å². The summed E-state index contributed by atoms with van der Waals surface area (Å²) in [6.07, 6.45) is 2.57. The number of hydrogen-bond acceptors (Lipinski definition) is 2. The van der Waals surface area contributed by atoms with Gasteiger partial charge in [0.05, 0.1) is 0 Å². The number of aromatic nitrogens is 3. The molecule has 0 bridgehead atoms. The van der Waals surface area contributed by atoms with Crippen molar-refractivity contribution in [3.05, 3.63) is 47.5 Å². The molecule has 0 saturated heterocycles. The summed E-state index contributed by atoms with van der Waals surface area (Å²) >= 11 is 0. The lowest BCUT2D eigenvalue weighted by molar-refractivity contribution is 0.821. The van der Waals surface area contributed by atoms with Crippen LogP contribution in [0.15, 0.2) is 30.6 Å². The molecule has 72 valence electrons. The smallest absolute Gasteiger partial charge is 0.136 e. The number of benzene rings is 1. The van der Waals surface area contributed by atoms with Gasteiger partial charge in [0.1, 0.15) is 12.2 Å². The predicted molar refractivity (Wildman–Crippen MR) is 55.0 cm³/mol. The molecule has 0 amide bonds. The van der Waals surface area contributed by atoms with Gasteiger partial charge >= 0.3 is 0 Å². The summed E-state index contributed by atoms with van der Waals surface area (Å²) in [7, 11) is 1.96. The van der Waals surface area contributed by atoms with Crippen molar-refractivity contribution < 1.29 is 0 Å². The highest BCUT2D eigenvalue weighted by Gasteiger charge is 2.01. The largest absolute Gasteiger partial charge is 0.320 e. The van der Waals surface area contributed by atoms with Gasteiger partial charge in [0.25, 0.3) is 0 Å². The van der Waals surface area contributed by atoms with Gasteiger partial charge in [0.15, 0.2) is 0 Å². The van der Waals surface area contributed by atoms with E-state index in [0.717, 1.165) is 12.2 Å². The molecule has 0 radical (unpaired) electrons. The first-order valence-electron chi connectivity index (χ1n) is 4.64. The van der Waals surface area contributed by atoms with E-state index in [2.05, 4.69) is 41.4 Å². The van der Waals surface area contributed by atoms with Crippen LogP contribution in [0.2, 0.25) is 0 Å². The van der Waals surface area contributed by atoms with E-state index in [-0.39, 0.29) is 0 Å². The molecule has 3 heteroatoms. The molecule has 0 atom stereocenters. The third kappa shape index (κ3) is 1.82. The Balaban J connectivity index is 2.23. The molecule has 0 N–H and O–H groups in total. The van der Waals surface area contributed by atoms with Crippen LogP contribution in [0, 0.1) is 6.92 Å². The SMILES string of the molecule is Cc1cccc(Cc2nncn2C)c1. The second kappa shape index (κ2) is 3.62. The zero-order valence-corrected chi connectivity index (χ0v) is 8.44. The Morgan fingerprint density at radius 1 is 1.36 bits per heavy atom. The van der Waals surface area contributed by atoms with E-state index in [0.29, 0.717) is 0 Å². The molecular formula is C11H13N3. The lowest BCUT2D eigenvalue weighted by Gasteiger charge is -2.01. The standard InChI is InChI=1S/C11H13N3/c1-9-4-3-5-10(6-9)7-11-13-12-8-14(11)2/h3-6,8H,7H2,1-2H3. The third-order valence-corrected chi connectivity index (χ3v) is 2.25. The maximum Gasteiger partial charge on any atom is 0.136 e. The maximum atomic E-state index is 4.05. The van der Waals surface area contributed by atoms with Gasteiger partial charge < -0.3 is 4.57 Å². The van der Waals surface area contributed by atoms with Gasteiger partial charge in [-0.3, -0.25) is 0 Å². The Labute approximate surface area is 83.4 Å². The molecule has 0 aliphatic heterocycles. The van der Waals surface area contributed by atoms with Gasteiger partial charge in [-0.2, -0.15) is 0 Å². The van der Waals surface area contributed by atoms with Crippen molar-refractivity contribution in [2.24, 2.45) is 7.05 Å². The quantitative estimate of drug-likeness (QED) is 0.716. The van der Waals surface area contributed by atoms with E-state index >= 15 is 0 Å². The van der Waals surface area contributed by atoms with Gasteiger partial charge in [0.2, 0.25) is 0 Å². The lowest BCUT2D eigenvalue weighted by atomic mass is 10.1. The summed E-state index contributed by atoms with van der Waals surface area (Å²) in [5, 5.41) is 7.91. The van der Waals surface area contributed by atoms with E-state index in [4.69, 9.17) is 0 Å².